The number of hydrogen-bond acceptors (Lipinski definition) is 2. The molecule has 0 amide bonds. The molecule has 0 aliphatic heterocycles. The minimum absolute atomic E-state index is 0.630. The number of pyridine rings is 1. The molecule has 0 radical (unpaired) electrons. The monoisotopic (exact) mass is 738 g/mol. The van der Waals surface area contributed by atoms with Gasteiger partial charge in [-0.25, -0.2) is 9.97 Å². The summed E-state index contributed by atoms with van der Waals surface area (Å²) in [5.41, 5.74) is 14.1. The van der Waals surface area contributed by atoms with E-state index in [2.05, 4.69) is 215 Å². The van der Waals surface area contributed by atoms with Gasteiger partial charge >= 0.3 is 0 Å². The van der Waals surface area contributed by atoms with E-state index in [-0.39, 0.29) is 0 Å². The third kappa shape index (κ3) is 5.02. The van der Waals surface area contributed by atoms with Crippen molar-refractivity contribution in [2.24, 2.45) is 0 Å². The average molecular weight is 739 g/mol. The molecule has 270 valence electrons. The average Bonchev–Trinajstić information content (AvgIpc) is 3.86. The standard InChI is InChI=1S/C54H34N4/c1-3-15-35(16-4-1)37-20-13-22-39(31-37)46-34-47(40-23-14-21-38(32-40)36-17-5-2-6-18-36)56-54(55-46)58-49-27-11-8-24-42(49)43-29-30-45-51-33-41-19-7-10-26-48(41)57(51)50-28-12-9-25-44(50)52(45)53(43)58/h1-34H. The van der Waals surface area contributed by atoms with Crippen LogP contribution in [0, 0.1) is 0 Å². The first-order valence-electron chi connectivity index (χ1n) is 19.7. The van der Waals surface area contributed by atoms with Gasteiger partial charge in [0.2, 0.25) is 5.95 Å². The number of para-hydroxylation sites is 3. The van der Waals surface area contributed by atoms with Crippen LogP contribution in [0.2, 0.25) is 0 Å². The molecule has 0 spiro atoms. The first kappa shape index (κ1) is 32.4. The lowest BCUT2D eigenvalue weighted by atomic mass is 9.99. The van der Waals surface area contributed by atoms with Crippen LogP contribution in [0.4, 0.5) is 0 Å². The van der Waals surface area contributed by atoms with E-state index in [1.165, 1.54) is 54.6 Å². The molecule has 4 heteroatoms. The van der Waals surface area contributed by atoms with Crippen molar-refractivity contribution in [1.82, 2.24) is 18.9 Å². The SMILES string of the molecule is c1ccc(-c2cccc(-c3cc(-c4cccc(-c5ccccc5)c4)nc(-n4c5ccccc5c5ccc6c(c7ccccc7n7c8ccccc8cc67)c54)n3)c2)cc1. The van der Waals surface area contributed by atoms with E-state index in [1.807, 2.05) is 0 Å². The molecule has 0 saturated carbocycles. The highest BCUT2D eigenvalue weighted by atomic mass is 15.2. The number of hydrogen-bond donors (Lipinski definition) is 0. The van der Waals surface area contributed by atoms with Crippen LogP contribution >= 0.6 is 0 Å². The molecule has 0 aliphatic carbocycles. The lowest BCUT2D eigenvalue weighted by Crippen LogP contribution is -2.04. The Kier molecular flexibility index (Phi) is 7.20. The second kappa shape index (κ2) is 12.9. The first-order valence-corrected chi connectivity index (χ1v) is 19.7. The zero-order chi connectivity index (χ0) is 38.2. The maximum atomic E-state index is 5.52. The Balaban J connectivity index is 1.20. The van der Waals surface area contributed by atoms with Crippen molar-refractivity contribution in [2.45, 2.75) is 0 Å². The summed E-state index contributed by atoms with van der Waals surface area (Å²) in [7, 11) is 0. The summed E-state index contributed by atoms with van der Waals surface area (Å²) in [6.45, 7) is 0. The van der Waals surface area contributed by atoms with Crippen molar-refractivity contribution >= 4 is 59.9 Å². The molecule has 4 heterocycles. The Morgan fingerprint density at radius 2 is 0.810 bits per heavy atom. The van der Waals surface area contributed by atoms with Crippen molar-refractivity contribution in [1.29, 1.82) is 0 Å². The van der Waals surface area contributed by atoms with Gasteiger partial charge in [0.25, 0.3) is 0 Å². The van der Waals surface area contributed by atoms with Crippen LogP contribution in [0.1, 0.15) is 0 Å². The molecule has 58 heavy (non-hydrogen) atoms. The van der Waals surface area contributed by atoms with Gasteiger partial charge in [-0.15, -0.1) is 0 Å². The highest BCUT2D eigenvalue weighted by Crippen LogP contribution is 2.42. The summed E-state index contributed by atoms with van der Waals surface area (Å²) >= 11 is 0. The Bertz CT molecular complexity index is 3460. The molecule has 12 rings (SSSR count). The predicted molar refractivity (Wildman–Crippen MR) is 242 cm³/mol. The second-order valence-corrected chi connectivity index (χ2v) is 15.0. The molecule has 4 aromatic heterocycles. The van der Waals surface area contributed by atoms with E-state index < -0.39 is 0 Å². The van der Waals surface area contributed by atoms with E-state index in [0.717, 1.165) is 50.1 Å². The molecule has 0 N–H and O–H groups in total. The lowest BCUT2D eigenvalue weighted by molar-refractivity contribution is 0.998. The highest BCUT2D eigenvalue weighted by Gasteiger charge is 2.22. The fourth-order valence-corrected chi connectivity index (χ4v) is 9.05. The van der Waals surface area contributed by atoms with Crippen molar-refractivity contribution in [3.8, 4) is 50.7 Å². The zero-order valence-electron chi connectivity index (χ0n) is 31.4. The molecule has 0 fully saturated rings. The van der Waals surface area contributed by atoms with E-state index in [9.17, 15) is 0 Å². The van der Waals surface area contributed by atoms with Crippen LogP contribution < -0.4 is 0 Å². The van der Waals surface area contributed by atoms with Gasteiger partial charge in [0, 0.05) is 43.4 Å². The Morgan fingerprint density at radius 3 is 1.48 bits per heavy atom. The number of aromatic nitrogens is 4. The summed E-state index contributed by atoms with van der Waals surface area (Å²) in [6.07, 6.45) is 0. The van der Waals surface area contributed by atoms with Crippen molar-refractivity contribution in [2.75, 3.05) is 0 Å². The molecule has 8 aromatic carbocycles. The van der Waals surface area contributed by atoms with Crippen molar-refractivity contribution < 1.29 is 0 Å². The number of benzene rings is 8. The highest BCUT2D eigenvalue weighted by molar-refractivity contribution is 6.28. The maximum absolute atomic E-state index is 5.52. The lowest BCUT2D eigenvalue weighted by Gasteiger charge is -2.15. The molecule has 0 saturated heterocycles. The smallest absolute Gasteiger partial charge is 0.235 e. The number of nitrogens with zero attached hydrogens (tertiary/aromatic N) is 4. The van der Waals surface area contributed by atoms with Gasteiger partial charge in [0.1, 0.15) is 0 Å². The van der Waals surface area contributed by atoms with E-state index in [1.54, 1.807) is 0 Å². The minimum Gasteiger partial charge on any atom is -0.309 e. The van der Waals surface area contributed by atoms with Gasteiger partial charge < -0.3 is 4.40 Å². The van der Waals surface area contributed by atoms with Gasteiger partial charge in [0.15, 0.2) is 0 Å². The third-order valence-electron chi connectivity index (χ3n) is 11.7. The largest absolute Gasteiger partial charge is 0.309 e. The molecule has 0 unspecified atom stereocenters. The minimum atomic E-state index is 0.630. The summed E-state index contributed by atoms with van der Waals surface area (Å²) in [5, 5.41) is 7.11. The summed E-state index contributed by atoms with van der Waals surface area (Å²) in [4.78, 5) is 11.0. The Morgan fingerprint density at radius 1 is 0.310 bits per heavy atom. The normalized spacial score (nSPS) is 11.8. The quantitative estimate of drug-likeness (QED) is 0.165. The molecule has 0 aliphatic rings. The summed E-state index contributed by atoms with van der Waals surface area (Å²) < 4.78 is 4.73. The second-order valence-electron chi connectivity index (χ2n) is 15.0. The van der Waals surface area contributed by atoms with Gasteiger partial charge in [0.05, 0.1) is 39.0 Å². The van der Waals surface area contributed by atoms with Crippen LogP contribution in [-0.4, -0.2) is 18.9 Å². The van der Waals surface area contributed by atoms with E-state index in [4.69, 9.17) is 9.97 Å². The first-order chi connectivity index (χ1) is 28.8. The van der Waals surface area contributed by atoms with Crippen LogP contribution in [0.25, 0.3) is 111 Å². The Hall–Kier alpha value is -7.82. The van der Waals surface area contributed by atoms with Crippen molar-refractivity contribution in [3.05, 3.63) is 206 Å². The van der Waals surface area contributed by atoms with Crippen molar-refractivity contribution in [3.63, 3.8) is 0 Å². The predicted octanol–water partition coefficient (Wildman–Crippen LogP) is 14.0. The summed E-state index contributed by atoms with van der Waals surface area (Å²) in [6, 6.07) is 73.7. The van der Waals surface area contributed by atoms with Gasteiger partial charge in [-0.1, -0.05) is 164 Å². The van der Waals surface area contributed by atoms with E-state index >= 15 is 0 Å². The number of rotatable bonds is 5. The fourth-order valence-electron chi connectivity index (χ4n) is 9.05. The van der Waals surface area contributed by atoms with Crippen LogP contribution in [-0.2, 0) is 0 Å². The molecule has 0 bridgehead atoms. The van der Waals surface area contributed by atoms with Gasteiger partial charge in [-0.3, -0.25) is 4.57 Å². The van der Waals surface area contributed by atoms with Gasteiger partial charge in [-0.05, 0) is 64.7 Å². The van der Waals surface area contributed by atoms with Crippen LogP contribution in [0.3, 0.4) is 0 Å². The Labute approximate surface area is 334 Å². The summed E-state index contributed by atoms with van der Waals surface area (Å²) in [5.74, 6) is 0.630. The maximum Gasteiger partial charge on any atom is 0.235 e. The molecule has 12 aromatic rings. The topological polar surface area (TPSA) is 35.1 Å². The van der Waals surface area contributed by atoms with E-state index in [0.29, 0.717) is 5.95 Å². The third-order valence-corrected chi connectivity index (χ3v) is 11.7. The zero-order valence-corrected chi connectivity index (χ0v) is 31.4. The fraction of sp³-hybridized carbons (Fsp3) is 0. The molecule has 4 nitrogen and oxygen atoms in total. The molecular weight excluding hydrogens is 705 g/mol. The molecular formula is C54H34N4. The molecule has 0 atom stereocenters. The number of fused-ring (bicyclic) bond motifs is 12. The van der Waals surface area contributed by atoms with Crippen LogP contribution in [0.5, 0.6) is 0 Å². The van der Waals surface area contributed by atoms with Crippen LogP contribution in [0.15, 0.2) is 206 Å². The van der Waals surface area contributed by atoms with Gasteiger partial charge in [-0.2, -0.15) is 0 Å².